The predicted molar refractivity (Wildman–Crippen MR) is 95.3 cm³/mol. The van der Waals surface area contributed by atoms with E-state index in [-0.39, 0.29) is 0 Å². The molecule has 0 spiro atoms. The van der Waals surface area contributed by atoms with Crippen molar-refractivity contribution < 1.29 is 4.74 Å². The van der Waals surface area contributed by atoms with Crippen molar-refractivity contribution in [1.82, 2.24) is 5.32 Å². The molecule has 4 nitrogen and oxygen atoms in total. The molecule has 0 aromatic heterocycles. The average Bonchev–Trinajstić information content (AvgIpc) is 2.56. The van der Waals surface area contributed by atoms with Gasteiger partial charge in [-0.3, -0.25) is 0 Å². The molecule has 0 saturated carbocycles. The molecule has 22 heavy (non-hydrogen) atoms. The van der Waals surface area contributed by atoms with Crippen molar-refractivity contribution in [2.75, 3.05) is 19.5 Å². The van der Waals surface area contributed by atoms with Crippen molar-refractivity contribution in [3.05, 3.63) is 60.7 Å². The van der Waals surface area contributed by atoms with Gasteiger partial charge in [0.1, 0.15) is 5.75 Å². The summed E-state index contributed by atoms with van der Waals surface area (Å²) < 4.78 is 5.14. The van der Waals surface area contributed by atoms with Gasteiger partial charge in [0.2, 0.25) is 0 Å². The summed E-state index contributed by atoms with van der Waals surface area (Å²) >= 11 is 0. The van der Waals surface area contributed by atoms with E-state index in [4.69, 9.17) is 10.1 Å². The zero-order chi connectivity index (χ0) is 16.4. The van der Waals surface area contributed by atoms with E-state index in [0.717, 1.165) is 28.4 Å². The third kappa shape index (κ3) is 5.32. The SMILES string of the molecule is C=C(NC)c1cccc(Nc2ccc(OC)cc2)c1.CC=N. The maximum absolute atomic E-state index is 6.08. The maximum atomic E-state index is 6.08. The summed E-state index contributed by atoms with van der Waals surface area (Å²) in [6, 6.07) is 15.9. The monoisotopic (exact) mass is 297 g/mol. The van der Waals surface area contributed by atoms with Crippen LogP contribution in [-0.2, 0) is 0 Å². The highest BCUT2D eigenvalue weighted by atomic mass is 16.5. The van der Waals surface area contributed by atoms with Crippen LogP contribution < -0.4 is 15.4 Å². The first-order chi connectivity index (χ1) is 10.6. The smallest absolute Gasteiger partial charge is 0.119 e. The van der Waals surface area contributed by atoms with Gasteiger partial charge in [-0.05, 0) is 55.1 Å². The minimum absolute atomic E-state index is 0.850. The van der Waals surface area contributed by atoms with Crippen molar-refractivity contribution in [3.8, 4) is 5.75 Å². The first-order valence-corrected chi connectivity index (χ1v) is 6.97. The lowest BCUT2D eigenvalue weighted by molar-refractivity contribution is 0.415. The van der Waals surface area contributed by atoms with Crippen LogP contribution in [0, 0.1) is 5.41 Å². The van der Waals surface area contributed by atoms with Gasteiger partial charge in [-0.15, -0.1) is 0 Å². The topological polar surface area (TPSA) is 57.1 Å². The van der Waals surface area contributed by atoms with E-state index in [1.165, 1.54) is 6.21 Å². The Kier molecular flexibility index (Phi) is 7.26. The molecule has 4 heteroatoms. The maximum Gasteiger partial charge on any atom is 0.119 e. The summed E-state index contributed by atoms with van der Waals surface area (Å²) in [4.78, 5) is 0. The Morgan fingerprint density at radius 3 is 2.32 bits per heavy atom. The van der Waals surface area contributed by atoms with Gasteiger partial charge in [-0.2, -0.15) is 0 Å². The van der Waals surface area contributed by atoms with Crippen LogP contribution in [0.2, 0.25) is 0 Å². The van der Waals surface area contributed by atoms with E-state index in [1.807, 2.05) is 49.5 Å². The molecule has 2 rings (SSSR count). The molecule has 0 bridgehead atoms. The number of hydrogen-bond donors (Lipinski definition) is 3. The van der Waals surface area contributed by atoms with Gasteiger partial charge in [0.05, 0.1) is 7.11 Å². The summed E-state index contributed by atoms with van der Waals surface area (Å²) in [6.07, 6.45) is 1.25. The molecule has 116 valence electrons. The molecule has 3 N–H and O–H groups in total. The third-order valence-electron chi connectivity index (χ3n) is 2.89. The number of nitrogens with one attached hydrogen (secondary N) is 3. The quantitative estimate of drug-likeness (QED) is 0.722. The fraction of sp³-hybridized carbons (Fsp3) is 0.167. The fourth-order valence-corrected chi connectivity index (χ4v) is 1.77. The summed E-state index contributed by atoms with van der Waals surface area (Å²) in [5, 5.41) is 12.5. The summed E-state index contributed by atoms with van der Waals surface area (Å²) in [7, 11) is 3.53. The first-order valence-electron chi connectivity index (χ1n) is 6.97. The summed E-state index contributed by atoms with van der Waals surface area (Å²) in [5.41, 5.74) is 4.02. The molecule has 2 aromatic carbocycles. The van der Waals surface area contributed by atoms with Crippen LogP contribution in [0.3, 0.4) is 0 Å². The van der Waals surface area contributed by atoms with Crippen LogP contribution in [0.25, 0.3) is 5.70 Å². The lowest BCUT2D eigenvalue weighted by Gasteiger charge is -2.10. The molecule has 0 radical (unpaired) electrons. The van der Waals surface area contributed by atoms with Crippen molar-refractivity contribution in [3.63, 3.8) is 0 Å². The standard InChI is InChI=1S/C16H18N2O.C2H5N/c1-12(17-2)13-5-4-6-15(11-13)18-14-7-9-16(19-3)10-8-14;1-2-3/h4-11,17-18H,1H2,2-3H3;2-3H,1H3. The van der Waals surface area contributed by atoms with Crippen LogP contribution in [0.4, 0.5) is 11.4 Å². The highest BCUT2D eigenvalue weighted by molar-refractivity contribution is 5.68. The summed E-state index contributed by atoms with van der Waals surface area (Å²) in [6.45, 7) is 5.63. The fourth-order valence-electron chi connectivity index (χ4n) is 1.77. The largest absolute Gasteiger partial charge is 0.497 e. The minimum Gasteiger partial charge on any atom is -0.497 e. The molecular weight excluding hydrogens is 274 g/mol. The highest BCUT2D eigenvalue weighted by Gasteiger charge is 1.99. The van der Waals surface area contributed by atoms with Gasteiger partial charge in [0, 0.05) is 24.1 Å². The Morgan fingerprint density at radius 2 is 1.77 bits per heavy atom. The molecule has 0 unspecified atom stereocenters. The van der Waals surface area contributed by atoms with E-state index in [9.17, 15) is 0 Å². The van der Waals surface area contributed by atoms with E-state index in [1.54, 1.807) is 14.0 Å². The van der Waals surface area contributed by atoms with Crippen molar-refractivity contribution in [2.45, 2.75) is 6.92 Å². The predicted octanol–water partition coefficient (Wildman–Crippen LogP) is 4.28. The van der Waals surface area contributed by atoms with E-state index < -0.39 is 0 Å². The molecule has 0 atom stereocenters. The van der Waals surface area contributed by atoms with Crippen LogP contribution in [0.1, 0.15) is 12.5 Å². The number of hydrogen-bond acceptors (Lipinski definition) is 4. The van der Waals surface area contributed by atoms with Crippen molar-refractivity contribution >= 4 is 23.3 Å². The van der Waals surface area contributed by atoms with E-state index >= 15 is 0 Å². The van der Waals surface area contributed by atoms with Crippen molar-refractivity contribution in [1.29, 1.82) is 5.41 Å². The second-order valence-corrected chi connectivity index (χ2v) is 4.45. The van der Waals surface area contributed by atoms with Crippen molar-refractivity contribution in [2.24, 2.45) is 0 Å². The Bertz CT molecular complexity index is 606. The van der Waals surface area contributed by atoms with Crippen LogP contribution >= 0.6 is 0 Å². The zero-order valence-corrected chi connectivity index (χ0v) is 13.3. The molecule has 2 aromatic rings. The highest BCUT2D eigenvalue weighted by Crippen LogP contribution is 2.22. The van der Waals surface area contributed by atoms with Gasteiger partial charge in [-0.25, -0.2) is 0 Å². The Hall–Kier alpha value is -2.75. The average molecular weight is 297 g/mol. The molecule has 0 heterocycles. The zero-order valence-electron chi connectivity index (χ0n) is 13.3. The minimum atomic E-state index is 0.850. The van der Waals surface area contributed by atoms with Crippen LogP contribution in [0.5, 0.6) is 5.75 Å². The third-order valence-corrected chi connectivity index (χ3v) is 2.89. The van der Waals surface area contributed by atoms with Gasteiger partial charge in [-0.1, -0.05) is 18.7 Å². The first kappa shape index (κ1) is 17.3. The van der Waals surface area contributed by atoms with E-state index in [0.29, 0.717) is 0 Å². The summed E-state index contributed by atoms with van der Waals surface area (Å²) in [5.74, 6) is 0.850. The molecule has 0 aliphatic heterocycles. The molecular formula is C18H23N3O. The molecule has 0 aliphatic rings. The second-order valence-electron chi connectivity index (χ2n) is 4.45. The lowest BCUT2D eigenvalue weighted by Crippen LogP contribution is -2.03. The number of methoxy groups -OCH3 is 1. The number of ether oxygens (including phenoxy) is 1. The van der Waals surface area contributed by atoms with Gasteiger partial charge < -0.3 is 20.8 Å². The molecule has 0 amide bonds. The van der Waals surface area contributed by atoms with Gasteiger partial charge in [0.25, 0.3) is 0 Å². The Labute approximate surface area is 132 Å². The number of anilines is 2. The molecule has 0 saturated heterocycles. The van der Waals surface area contributed by atoms with Gasteiger partial charge >= 0.3 is 0 Å². The lowest BCUT2D eigenvalue weighted by atomic mass is 10.1. The Balaban J connectivity index is 0.000000745. The number of rotatable bonds is 5. The normalized spacial score (nSPS) is 9.05. The van der Waals surface area contributed by atoms with Crippen LogP contribution in [0.15, 0.2) is 55.1 Å². The molecule has 0 fully saturated rings. The van der Waals surface area contributed by atoms with E-state index in [2.05, 4.69) is 23.3 Å². The second kappa shape index (κ2) is 9.23. The van der Waals surface area contributed by atoms with Crippen LogP contribution in [-0.4, -0.2) is 20.4 Å². The molecule has 0 aliphatic carbocycles. The number of benzene rings is 2. The Morgan fingerprint density at radius 1 is 1.14 bits per heavy atom. The van der Waals surface area contributed by atoms with Gasteiger partial charge in [0.15, 0.2) is 0 Å².